The minimum Gasteiger partial charge on any atom is -0.478 e. The van der Waals surface area contributed by atoms with Crippen LogP contribution in [0.3, 0.4) is 0 Å². The summed E-state index contributed by atoms with van der Waals surface area (Å²) in [5, 5.41) is 12.3. The zero-order chi connectivity index (χ0) is 10.8. The number of pyridine rings is 1. The number of carbonyl (C=O) groups is 1. The molecule has 0 aliphatic heterocycles. The number of carboxylic acid groups (broad SMARTS) is 1. The van der Waals surface area contributed by atoms with Gasteiger partial charge in [-0.2, -0.15) is 0 Å². The van der Waals surface area contributed by atoms with Gasteiger partial charge in [0.25, 0.3) is 0 Å². The van der Waals surface area contributed by atoms with Crippen LogP contribution in [0, 0.1) is 5.92 Å². The molecule has 1 fully saturated rings. The van der Waals surface area contributed by atoms with Crippen molar-refractivity contribution >= 4 is 23.4 Å². The lowest BCUT2D eigenvalue weighted by molar-refractivity contribution is 0.0697. The van der Waals surface area contributed by atoms with Crippen molar-refractivity contribution in [2.24, 2.45) is 5.92 Å². The van der Waals surface area contributed by atoms with Crippen LogP contribution in [0.25, 0.3) is 0 Å². The van der Waals surface area contributed by atoms with Crippen molar-refractivity contribution < 1.29 is 9.90 Å². The number of nitrogens with zero attached hydrogens (tertiary/aromatic N) is 1. The first kappa shape index (κ1) is 10.2. The third-order valence-electron chi connectivity index (χ3n) is 2.34. The van der Waals surface area contributed by atoms with Gasteiger partial charge in [0.2, 0.25) is 0 Å². The summed E-state index contributed by atoms with van der Waals surface area (Å²) in [5.41, 5.74) is 0.128. The Hall–Kier alpha value is -1.29. The highest BCUT2D eigenvalue weighted by Crippen LogP contribution is 2.29. The van der Waals surface area contributed by atoms with Crippen LogP contribution in [0.15, 0.2) is 12.3 Å². The van der Waals surface area contributed by atoms with Gasteiger partial charge in [0.15, 0.2) is 0 Å². The van der Waals surface area contributed by atoms with E-state index in [4.69, 9.17) is 16.7 Å². The van der Waals surface area contributed by atoms with Gasteiger partial charge < -0.3 is 10.4 Å². The molecular weight excluding hydrogens is 216 g/mol. The number of hydrogen-bond acceptors (Lipinski definition) is 3. The number of aromatic nitrogens is 1. The van der Waals surface area contributed by atoms with E-state index >= 15 is 0 Å². The maximum absolute atomic E-state index is 10.9. The van der Waals surface area contributed by atoms with Crippen molar-refractivity contribution in [1.29, 1.82) is 0 Å². The van der Waals surface area contributed by atoms with Gasteiger partial charge in [-0.05, 0) is 24.8 Å². The highest BCUT2D eigenvalue weighted by molar-refractivity contribution is 6.30. The van der Waals surface area contributed by atoms with Gasteiger partial charge in [-0.15, -0.1) is 0 Å². The Morgan fingerprint density at radius 2 is 2.40 bits per heavy atom. The smallest absolute Gasteiger partial charge is 0.339 e. The van der Waals surface area contributed by atoms with Crippen LogP contribution in [0.4, 0.5) is 5.82 Å². The number of hydrogen-bond donors (Lipinski definition) is 2. The van der Waals surface area contributed by atoms with Crippen LogP contribution in [-0.2, 0) is 0 Å². The zero-order valence-electron chi connectivity index (χ0n) is 8.03. The van der Waals surface area contributed by atoms with E-state index in [-0.39, 0.29) is 5.56 Å². The second-order valence-corrected chi connectivity index (χ2v) is 4.12. The molecule has 1 aromatic rings. The highest BCUT2D eigenvalue weighted by atomic mass is 35.5. The van der Waals surface area contributed by atoms with Crippen molar-refractivity contribution in [2.75, 3.05) is 11.9 Å². The summed E-state index contributed by atoms with van der Waals surface area (Å²) in [6.45, 7) is 0.787. The van der Waals surface area contributed by atoms with Crippen molar-refractivity contribution in [3.05, 3.63) is 22.8 Å². The molecule has 1 aliphatic carbocycles. The van der Waals surface area contributed by atoms with E-state index in [1.54, 1.807) is 0 Å². The molecule has 2 N–H and O–H groups in total. The van der Waals surface area contributed by atoms with Crippen molar-refractivity contribution in [3.8, 4) is 0 Å². The van der Waals surface area contributed by atoms with Crippen LogP contribution in [-0.4, -0.2) is 22.6 Å². The Kier molecular flexibility index (Phi) is 2.77. The molecule has 0 aromatic carbocycles. The van der Waals surface area contributed by atoms with Gasteiger partial charge in [-0.1, -0.05) is 11.6 Å². The van der Waals surface area contributed by atoms with Crippen molar-refractivity contribution in [1.82, 2.24) is 4.98 Å². The number of aromatic carboxylic acids is 1. The standard InChI is InChI=1S/C10H11ClN2O2/c11-7-3-8(10(14)15)9(13-5-7)12-4-6-1-2-6/h3,5-6H,1-2,4H2,(H,12,13)(H,14,15). The van der Waals surface area contributed by atoms with Crippen molar-refractivity contribution in [3.63, 3.8) is 0 Å². The molecule has 2 rings (SSSR count). The van der Waals surface area contributed by atoms with Gasteiger partial charge >= 0.3 is 5.97 Å². The maximum atomic E-state index is 10.9. The minimum absolute atomic E-state index is 0.128. The summed E-state index contributed by atoms with van der Waals surface area (Å²) in [4.78, 5) is 14.9. The monoisotopic (exact) mass is 226 g/mol. The Balaban J connectivity index is 2.15. The normalized spacial score (nSPS) is 15.0. The fourth-order valence-corrected chi connectivity index (χ4v) is 1.46. The summed E-state index contributed by atoms with van der Waals surface area (Å²) in [5.74, 6) is 0.0613. The molecule has 0 saturated heterocycles. The van der Waals surface area contributed by atoms with Gasteiger partial charge in [-0.3, -0.25) is 0 Å². The number of rotatable bonds is 4. The van der Waals surface area contributed by atoms with E-state index in [9.17, 15) is 4.79 Å². The molecule has 4 nitrogen and oxygen atoms in total. The summed E-state index contributed by atoms with van der Waals surface area (Å²) in [6, 6.07) is 1.41. The molecule has 1 heterocycles. The van der Waals surface area contributed by atoms with Crippen LogP contribution >= 0.6 is 11.6 Å². The first-order valence-corrected chi connectivity index (χ1v) is 5.17. The predicted molar refractivity (Wildman–Crippen MR) is 57.4 cm³/mol. The molecule has 1 aliphatic rings. The van der Waals surface area contributed by atoms with E-state index in [1.807, 2.05) is 0 Å². The van der Waals surface area contributed by atoms with Crippen LogP contribution in [0.1, 0.15) is 23.2 Å². The Labute approximate surface area is 92.3 Å². The summed E-state index contributed by atoms with van der Waals surface area (Å²) >= 11 is 5.68. The Bertz CT molecular complexity index is 391. The molecule has 0 spiro atoms. The van der Waals surface area contributed by atoms with Crippen LogP contribution < -0.4 is 5.32 Å². The average molecular weight is 227 g/mol. The Morgan fingerprint density at radius 3 is 3.00 bits per heavy atom. The molecular formula is C10H11ClN2O2. The SMILES string of the molecule is O=C(O)c1cc(Cl)cnc1NCC1CC1. The summed E-state index contributed by atoms with van der Waals surface area (Å²) in [6.07, 6.45) is 3.87. The van der Waals surface area contributed by atoms with Gasteiger partial charge in [0.05, 0.1) is 5.02 Å². The molecule has 5 heteroatoms. The second-order valence-electron chi connectivity index (χ2n) is 3.68. The second kappa shape index (κ2) is 4.06. The molecule has 1 aromatic heterocycles. The number of halogens is 1. The lowest BCUT2D eigenvalue weighted by Gasteiger charge is -2.07. The first-order valence-electron chi connectivity index (χ1n) is 4.79. The van der Waals surface area contributed by atoms with E-state index < -0.39 is 5.97 Å². The average Bonchev–Trinajstić information content (AvgIpc) is 2.99. The third-order valence-corrected chi connectivity index (χ3v) is 2.55. The van der Waals surface area contributed by atoms with E-state index in [1.165, 1.54) is 25.1 Å². The Morgan fingerprint density at radius 1 is 1.67 bits per heavy atom. The number of carboxylic acids is 1. The lowest BCUT2D eigenvalue weighted by atomic mass is 10.2. The molecule has 0 amide bonds. The fraction of sp³-hybridized carbons (Fsp3) is 0.400. The topological polar surface area (TPSA) is 62.2 Å². The zero-order valence-corrected chi connectivity index (χ0v) is 8.79. The molecule has 0 radical (unpaired) electrons. The molecule has 0 unspecified atom stereocenters. The maximum Gasteiger partial charge on any atom is 0.339 e. The number of nitrogens with one attached hydrogen (secondary N) is 1. The van der Waals surface area contributed by atoms with Crippen molar-refractivity contribution in [2.45, 2.75) is 12.8 Å². The lowest BCUT2D eigenvalue weighted by Crippen LogP contribution is -2.10. The van der Waals surface area contributed by atoms with Crippen LogP contribution in [0.5, 0.6) is 0 Å². The highest BCUT2D eigenvalue weighted by Gasteiger charge is 2.22. The molecule has 1 saturated carbocycles. The van der Waals surface area contributed by atoms with E-state index in [0.717, 1.165) is 6.54 Å². The van der Waals surface area contributed by atoms with E-state index in [2.05, 4.69) is 10.3 Å². The molecule has 80 valence electrons. The van der Waals surface area contributed by atoms with Gasteiger partial charge in [0, 0.05) is 12.7 Å². The molecule has 15 heavy (non-hydrogen) atoms. The third kappa shape index (κ3) is 2.59. The van der Waals surface area contributed by atoms with Gasteiger partial charge in [-0.25, -0.2) is 9.78 Å². The number of anilines is 1. The summed E-state index contributed by atoms with van der Waals surface area (Å²) < 4.78 is 0. The fourth-order valence-electron chi connectivity index (χ4n) is 1.31. The molecule has 0 bridgehead atoms. The van der Waals surface area contributed by atoms with Crippen LogP contribution in [0.2, 0.25) is 5.02 Å². The predicted octanol–water partition coefficient (Wildman–Crippen LogP) is 2.26. The summed E-state index contributed by atoms with van der Waals surface area (Å²) in [7, 11) is 0. The molecule has 0 atom stereocenters. The quantitative estimate of drug-likeness (QED) is 0.827. The largest absolute Gasteiger partial charge is 0.478 e. The first-order chi connectivity index (χ1) is 7.16. The van der Waals surface area contributed by atoms with E-state index in [0.29, 0.717) is 16.8 Å². The van der Waals surface area contributed by atoms with Gasteiger partial charge in [0.1, 0.15) is 11.4 Å². The minimum atomic E-state index is -1.01.